The molecule has 0 aliphatic carbocycles. The van der Waals surface area contributed by atoms with Gasteiger partial charge in [-0.05, 0) is 17.0 Å². The summed E-state index contributed by atoms with van der Waals surface area (Å²) in [6, 6.07) is 8.73. The molecule has 0 N–H and O–H groups in total. The van der Waals surface area contributed by atoms with Crippen LogP contribution < -0.4 is 0 Å². The maximum absolute atomic E-state index is 10.5. The molecule has 2 heteroatoms. The Hall–Kier alpha value is -0.760. The van der Waals surface area contributed by atoms with E-state index in [0.717, 1.165) is 12.2 Å². The minimum absolute atomic E-state index is 0.357. The van der Waals surface area contributed by atoms with E-state index < -0.39 is 0 Å². The molecule has 1 saturated heterocycles. The first-order valence-corrected chi connectivity index (χ1v) is 6.58. The first-order valence-electron chi connectivity index (χ1n) is 5.42. The summed E-state index contributed by atoms with van der Waals surface area (Å²) < 4.78 is 0. The molecule has 1 aliphatic heterocycles. The van der Waals surface area contributed by atoms with Crippen LogP contribution in [-0.4, -0.2) is 17.8 Å². The minimum atomic E-state index is 0.357. The Morgan fingerprint density at radius 2 is 2.33 bits per heavy atom. The second-order valence-corrected chi connectivity index (χ2v) is 5.28. The third kappa shape index (κ3) is 2.43. The average molecular weight is 220 g/mol. The molecule has 0 bridgehead atoms. The smallest absolute Gasteiger partial charge is 0.120 e. The molecule has 1 fully saturated rings. The highest BCUT2D eigenvalue weighted by Crippen LogP contribution is 2.35. The van der Waals surface area contributed by atoms with Gasteiger partial charge in [0.2, 0.25) is 0 Å². The van der Waals surface area contributed by atoms with Gasteiger partial charge in [0.15, 0.2) is 0 Å². The van der Waals surface area contributed by atoms with Gasteiger partial charge in [-0.2, -0.15) is 11.8 Å². The maximum atomic E-state index is 10.5. The molecule has 80 valence electrons. The predicted molar refractivity (Wildman–Crippen MR) is 65.6 cm³/mol. The summed E-state index contributed by atoms with van der Waals surface area (Å²) in [6.07, 6.45) is 1.64. The first-order chi connectivity index (χ1) is 7.31. The molecular formula is C13H16OS. The van der Waals surface area contributed by atoms with Crippen LogP contribution in [-0.2, 0) is 4.79 Å². The van der Waals surface area contributed by atoms with Gasteiger partial charge in [0.1, 0.15) is 6.29 Å². The molecule has 15 heavy (non-hydrogen) atoms. The van der Waals surface area contributed by atoms with E-state index in [0.29, 0.717) is 12.3 Å². The zero-order chi connectivity index (χ0) is 10.7. The van der Waals surface area contributed by atoms with Crippen molar-refractivity contribution >= 4 is 18.0 Å². The predicted octanol–water partition coefficient (Wildman–Crippen LogP) is 3.21. The second-order valence-electron chi connectivity index (χ2n) is 4.21. The summed E-state index contributed by atoms with van der Waals surface area (Å²) in [5.41, 5.74) is 2.75. The van der Waals surface area contributed by atoms with Gasteiger partial charge in [-0.3, -0.25) is 0 Å². The van der Waals surface area contributed by atoms with E-state index in [1.807, 2.05) is 11.8 Å². The van der Waals surface area contributed by atoms with Crippen LogP contribution in [0.15, 0.2) is 24.3 Å². The zero-order valence-corrected chi connectivity index (χ0v) is 9.80. The van der Waals surface area contributed by atoms with Gasteiger partial charge in [0, 0.05) is 23.8 Å². The largest absolute Gasteiger partial charge is 0.303 e. The molecule has 0 spiro atoms. The van der Waals surface area contributed by atoms with E-state index in [9.17, 15) is 4.79 Å². The summed E-state index contributed by atoms with van der Waals surface area (Å²) in [5.74, 6) is 3.62. The van der Waals surface area contributed by atoms with Crippen molar-refractivity contribution in [2.45, 2.75) is 25.2 Å². The van der Waals surface area contributed by atoms with E-state index in [-0.39, 0.29) is 0 Å². The van der Waals surface area contributed by atoms with Crippen molar-refractivity contribution in [3.05, 3.63) is 35.4 Å². The molecule has 1 atom stereocenters. The van der Waals surface area contributed by atoms with Gasteiger partial charge in [-0.25, -0.2) is 0 Å². The summed E-state index contributed by atoms with van der Waals surface area (Å²) >= 11 is 2.01. The Kier molecular flexibility index (Phi) is 3.47. The number of benzene rings is 1. The Morgan fingerprint density at radius 3 is 2.93 bits per heavy atom. The third-order valence-corrected chi connectivity index (χ3v) is 4.32. The van der Waals surface area contributed by atoms with Gasteiger partial charge in [-0.1, -0.05) is 31.2 Å². The van der Waals surface area contributed by atoms with Crippen LogP contribution in [0.4, 0.5) is 0 Å². The lowest BCUT2D eigenvalue weighted by atomic mass is 9.93. The number of hydrogen-bond acceptors (Lipinski definition) is 2. The fourth-order valence-corrected chi connectivity index (χ4v) is 2.68. The molecular weight excluding hydrogens is 204 g/mol. The van der Waals surface area contributed by atoms with E-state index in [1.165, 1.54) is 22.6 Å². The van der Waals surface area contributed by atoms with E-state index >= 15 is 0 Å². The van der Waals surface area contributed by atoms with Crippen molar-refractivity contribution in [2.24, 2.45) is 0 Å². The van der Waals surface area contributed by atoms with Crippen LogP contribution in [0.1, 0.15) is 36.3 Å². The number of aldehydes is 1. The van der Waals surface area contributed by atoms with Crippen molar-refractivity contribution in [1.29, 1.82) is 0 Å². The van der Waals surface area contributed by atoms with Crippen LogP contribution >= 0.6 is 11.8 Å². The number of hydrogen-bond donors (Lipinski definition) is 0. The maximum Gasteiger partial charge on any atom is 0.120 e. The lowest BCUT2D eigenvalue weighted by Gasteiger charge is -2.26. The third-order valence-electron chi connectivity index (χ3n) is 3.04. The Bertz CT molecular complexity index is 344. The Balaban J connectivity index is 2.14. The number of carbonyl (C=O) groups is 1. The molecule has 1 nitrogen and oxygen atoms in total. The molecule has 1 unspecified atom stereocenters. The molecule has 1 aliphatic rings. The van der Waals surface area contributed by atoms with Crippen LogP contribution in [0.3, 0.4) is 0 Å². The topological polar surface area (TPSA) is 17.1 Å². The van der Waals surface area contributed by atoms with Gasteiger partial charge in [-0.15, -0.1) is 0 Å². The van der Waals surface area contributed by atoms with Gasteiger partial charge < -0.3 is 4.79 Å². The standard InChI is InChI=1S/C13H16OS/c1-10(5-6-14)11-3-2-4-12(7-11)13-8-15-9-13/h2-4,6-7,10,13H,5,8-9H2,1H3. The van der Waals surface area contributed by atoms with Gasteiger partial charge in [0.25, 0.3) is 0 Å². The SMILES string of the molecule is CC(CC=O)c1cccc(C2CSC2)c1. The van der Waals surface area contributed by atoms with Crippen molar-refractivity contribution in [3.8, 4) is 0 Å². The molecule has 1 aromatic rings. The second kappa shape index (κ2) is 4.84. The van der Waals surface area contributed by atoms with Crippen LogP contribution in [0.5, 0.6) is 0 Å². The van der Waals surface area contributed by atoms with Gasteiger partial charge in [0.05, 0.1) is 0 Å². The van der Waals surface area contributed by atoms with Crippen molar-refractivity contribution in [1.82, 2.24) is 0 Å². The molecule has 0 amide bonds. The summed E-state index contributed by atoms with van der Waals surface area (Å²) in [4.78, 5) is 10.5. The summed E-state index contributed by atoms with van der Waals surface area (Å²) in [5, 5.41) is 0. The van der Waals surface area contributed by atoms with Crippen LogP contribution in [0.2, 0.25) is 0 Å². The number of rotatable bonds is 4. The fraction of sp³-hybridized carbons (Fsp3) is 0.462. The molecule has 1 heterocycles. The highest BCUT2D eigenvalue weighted by molar-refractivity contribution is 8.00. The molecule has 0 radical (unpaired) electrons. The molecule has 0 aromatic heterocycles. The average Bonchev–Trinajstić information content (AvgIpc) is 2.16. The summed E-state index contributed by atoms with van der Waals surface area (Å²) in [6.45, 7) is 2.11. The van der Waals surface area contributed by atoms with E-state index in [1.54, 1.807) is 0 Å². The zero-order valence-electron chi connectivity index (χ0n) is 8.98. The van der Waals surface area contributed by atoms with Gasteiger partial charge >= 0.3 is 0 Å². The molecule has 1 aromatic carbocycles. The Morgan fingerprint density at radius 1 is 1.53 bits per heavy atom. The van der Waals surface area contributed by atoms with E-state index in [2.05, 4.69) is 31.2 Å². The summed E-state index contributed by atoms with van der Waals surface area (Å²) in [7, 11) is 0. The fourth-order valence-electron chi connectivity index (χ4n) is 1.83. The van der Waals surface area contributed by atoms with Crippen LogP contribution in [0.25, 0.3) is 0 Å². The highest BCUT2D eigenvalue weighted by Gasteiger charge is 2.20. The quantitative estimate of drug-likeness (QED) is 0.725. The van der Waals surface area contributed by atoms with Crippen molar-refractivity contribution in [3.63, 3.8) is 0 Å². The molecule has 2 rings (SSSR count). The van der Waals surface area contributed by atoms with E-state index in [4.69, 9.17) is 0 Å². The highest BCUT2D eigenvalue weighted by atomic mass is 32.2. The lowest BCUT2D eigenvalue weighted by Crippen LogP contribution is -2.15. The normalized spacial score (nSPS) is 18.2. The molecule has 0 saturated carbocycles. The Labute approximate surface area is 95.3 Å². The van der Waals surface area contributed by atoms with Crippen molar-refractivity contribution < 1.29 is 4.79 Å². The van der Waals surface area contributed by atoms with Crippen LogP contribution in [0, 0.1) is 0 Å². The monoisotopic (exact) mass is 220 g/mol. The minimum Gasteiger partial charge on any atom is -0.303 e. The van der Waals surface area contributed by atoms with Crippen molar-refractivity contribution in [2.75, 3.05) is 11.5 Å². The number of carbonyl (C=O) groups excluding carboxylic acids is 1. The lowest BCUT2D eigenvalue weighted by molar-refractivity contribution is -0.108. The number of thioether (sulfide) groups is 1. The first kappa shape index (κ1) is 10.7.